The van der Waals surface area contributed by atoms with E-state index in [-0.39, 0.29) is 11.1 Å². The summed E-state index contributed by atoms with van der Waals surface area (Å²) in [7, 11) is 1.82. The van der Waals surface area contributed by atoms with Gasteiger partial charge in [-0.05, 0) is 38.6 Å². The Labute approximate surface area is 129 Å². The number of halogens is 2. The zero-order chi connectivity index (χ0) is 15.4. The van der Waals surface area contributed by atoms with E-state index in [4.69, 9.17) is 16.3 Å². The highest BCUT2D eigenvalue weighted by Gasteiger charge is 2.20. The number of hydrogen-bond acceptors (Lipinski definition) is 2. The first-order valence-corrected chi connectivity index (χ1v) is 7.30. The highest BCUT2D eigenvalue weighted by molar-refractivity contribution is 6.31. The average Bonchev–Trinajstić information content (AvgIpc) is 2.47. The van der Waals surface area contributed by atoms with Crippen molar-refractivity contribution in [2.24, 2.45) is 0 Å². The Balaban J connectivity index is 2.55. The lowest BCUT2D eigenvalue weighted by Crippen LogP contribution is -2.19. The second-order valence-corrected chi connectivity index (χ2v) is 5.22. The van der Waals surface area contributed by atoms with Crippen molar-refractivity contribution in [1.29, 1.82) is 0 Å². The molecule has 2 aromatic carbocycles. The van der Waals surface area contributed by atoms with Crippen LogP contribution >= 0.6 is 11.6 Å². The third-order valence-electron chi connectivity index (χ3n) is 3.36. The van der Waals surface area contributed by atoms with E-state index in [9.17, 15) is 4.39 Å². The van der Waals surface area contributed by atoms with Gasteiger partial charge >= 0.3 is 0 Å². The lowest BCUT2D eigenvalue weighted by Gasteiger charge is -2.22. The van der Waals surface area contributed by atoms with Crippen LogP contribution in [-0.4, -0.2) is 13.7 Å². The summed E-state index contributed by atoms with van der Waals surface area (Å²) in [4.78, 5) is 0. The third kappa shape index (κ3) is 3.36. The van der Waals surface area contributed by atoms with E-state index >= 15 is 0 Å². The van der Waals surface area contributed by atoms with E-state index in [0.29, 0.717) is 12.2 Å². The number of hydrogen-bond donors (Lipinski definition) is 1. The van der Waals surface area contributed by atoms with Crippen molar-refractivity contribution in [2.45, 2.75) is 19.9 Å². The maximum absolute atomic E-state index is 13.7. The highest BCUT2D eigenvalue weighted by Crippen LogP contribution is 2.35. The van der Waals surface area contributed by atoms with Crippen molar-refractivity contribution in [1.82, 2.24) is 5.32 Å². The van der Waals surface area contributed by atoms with Crippen LogP contribution in [0.5, 0.6) is 5.75 Å². The van der Waals surface area contributed by atoms with Crippen molar-refractivity contribution in [3.8, 4) is 5.75 Å². The van der Waals surface area contributed by atoms with Crippen molar-refractivity contribution < 1.29 is 9.13 Å². The molecule has 1 atom stereocenters. The summed E-state index contributed by atoms with van der Waals surface area (Å²) in [6.07, 6.45) is 0. The molecule has 2 rings (SSSR count). The van der Waals surface area contributed by atoms with E-state index in [1.807, 2.05) is 45.2 Å². The van der Waals surface area contributed by atoms with Crippen molar-refractivity contribution in [3.05, 3.63) is 63.9 Å². The molecule has 0 aliphatic rings. The smallest absolute Gasteiger partial charge is 0.142 e. The van der Waals surface area contributed by atoms with Crippen LogP contribution in [0, 0.1) is 12.7 Å². The first-order chi connectivity index (χ1) is 10.1. The Kier molecular flexibility index (Phi) is 5.21. The van der Waals surface area contributed by atoms with Gasteiger partial charge in [0.2, 0.25) is 0 Å². The molecule has 0 saturated heterocycles. The monoisotopic (exact) mass is 307 g/mol. The molecule has 0 aromatic heterocycles. The maximum Gasteiger partial charge on any atom is 0.142 e. The molecule has 0 heterocycles. The van der Waals surface area contributed by atoms with Crippen LogP contribution in [0.2, 0.25) is 5.02 Å². The fourth-order valence-electron chi connectivity index (χ4n) is 2.40. The second kappa shape index (κ2) is 6.92. The van der Waals surface area contributed by atoms with Crippen LogP contribution in [0.25, 0.3) is 0 Å². The van der Waals surface area contributed by atoms with Crippen LogP contribution < -0.4 is 10.1 Å². The first kappa shape index (κ1) is 15.8. The quantitative estimate of drug-likeness (QED) is 0.878. The second-order valence-electron chi connectivity index (χ2n) is 4.84. The van der Waals surface area contributed by atoms with Crippen LogP contribution in [0.4, 0.5) is 4.39 Å². The largest absolute Gasteiger partial charge is 0.494 e. The third-order valence-corrected chi connectivity index (χ3v) is 3.76. The minimum absolute atomic E-state index is 0.140. The molecule has 0 saturated carbocycles. The minimum atomic E-state index is -0.417. The normalized spacial score (nSPS) is 12.2. The topological polar surface area (TPSA) is 21.3 Å². The number of rotatable bonds is 5. The molecule has 0 aliphatic carbocycles. The molecular weight excluding hydrogens is 289 g/mol. The van der Waals surface area contributed by atoms with Crippen molar-refractivity contribution in [2.75, 3.05) is 13.7 Å². The Hall–Kier alpha value is -1.58. The zero-order valence-corrected chi connectivity index (χ0v) is 13.2. The summed E-state index contributed by atoms with van der Waals surface area (Å²) < 4.78 is 19.4. The van der Waals surface area contributed by atoms with Gasteiger partial charge < -0.3 is 10.1 Å². The van der Waals surface area contributed by atoms with Crippen molar-refractivity contribution in [3.63, 3.8) is 0 Å². The summed E-state index contributed by atoms with van der Waals surface area (Å²) in [5, 5.41) is 3.34. The fourth-order valence-corrected chi connectivity index (χ4v) is 2.64. The Morgan fingerprint density at radius 1 is 1.24 bits per heavy atom. The summed E-state index contributed by atoms with van der Waals surface area (Å²) in [5.41, 5.74) is 2.76. The Morgan fingerprint density at radius 2 is 2.00 bits per heavy atom. The molecule has 1 unspecified atom stereocenters. The molecule has 0 radical (unpaired) electrons. The zero-order valence-electron chi connectivity index (χ0n) is 12.4. The fraction of sp³-hybridized carbons (Fsp3) is 0.294. The van der Waals surface area contributed by atoms with Crippen LogP contribution in [0.15, 0.2) is 36.4 Å². The van der Waals surface area contributed by atoms with E-state index in [0.717, 1.165) is 16.9 Å². The van der Waals surface area contributed by atoms with E-state index in [2.05, 4.69) is 5.32 Å². The van der Waals surface area contributed by atoms with Gasteiger partial charge in [0.05, 0.1) is 17.7 Å². The lowest BCUT2D eigenvalue weighted by molar-refractivity contribution is 0.334. The van der Waals surface area contributed by atoms with Gasteiger partial charge in [-0.1, -0.05) is 41.4 Å². The molecule has 2 aromatic rings. The van der Waals surface area contributed by atoms with Crippen LogP contribution in [0.1, 0.15) is 29.7 Å². The predicted octanol–water partition coefficient (Wildman–Crippen LogP) is 4.50. The SMILES string of the molecule is CCOc1ccc(C)cc1C(NC)c1cccc(F)c1Cl. The first-order valence-electron chi connectivity index (χ1n) is 6.93. The number of aryl methyl sites for hydroxylation is 1. The molecule has 0 aliphatic heterocycles. The van der Waals surface area contributed by atoms with Gasteiger partial charge in [-0.15, -0.1) is 0 Å². The molecule has 112 valence electrons. The average molecular weight is 308 g/mol. The van der Waals surface area contributed by atoms with E-state index in [1.54, 1.807) is 6.07 Å². The lowest BCUT2D eigenvalue weighted by atomic mass is 9.96. The molecule has 2 nitrogen and oxygen atoms in total. The van der Waals surface area contributed by atoms with Gasteiger partial charge in [-0.3, -0.25) is 0 Å². The minimum Gasteiger partial charge on any atom is -0.494 e. The molecule has 0 fully saturated rings. The van der Waals surface area contributed by atoms with Gasteiger partial charge in [0, 0.05) is 5.56 Å². The van der Waals surface area contributed by atoms with Gasteiger partial charge in [-0.2, -0.15) is 0 Å². The Morgan fingerprint density at radius 3 is 2.67 bits per heavy atom. The van der Waals surface area contributed by atoms with Gasteiger partial charge in [-0.25, -0.2) is 4.39 Å². The Bertz CT molecular complexity index is 630. The molecule has 1 N–H and O–H groups in total. The molecule has 0 amide bonds. The molecule has 0 spiro atoms. The summed E-state index contributed by atoms with van der Waals surface area (Å²) >= 11 is 6.13. The molecular formula is C17H19ClFNO. The van der Waals surface area contributed by atoms with Gasteiger partial charge in [0.1, 0.15) is 11.6 Å². The summed E-state index contributed by atoms with van der Waals surface area (Å²) in [6, 6.07) is 10.6. The summed E-state index contributed by atoms with van der Waals surface area (Å²) in [5.74, 6) is 0.364. The van der Waals surface area contributed by atoms with E-state index in [1.165, 1.54) is 6.07 Å². The molecule has 21 heavy (non-hydrogen) atoms. The maximum atomic E-state index is 13.7. The number of nitrogens with one attached hydrogen (secondary N) is 1. The highest BCUT2D eigenvalue weighted by atomic mass is 35.5. The molecule has 0 bridgehead atoms. The molecule has 4 heteroatoms. The number of ether oxygens (including phenoxy) is 1. The predicted molar refractivity (Wildman–Crippen MR) is 84.7 cm³/mol. The van der Waals surface area contributed by atoms with E-state index < -0.39 is 5.82 Å². The van der Waals surface area contributed by atoms with Gasteiger partial charge in [0.25, 0.3) is 0 Å². The van der Waals surface area contributed by atoms with Crippen LogP contribution in [0.3, 0.4) is 0 Å². The van der Waals surface area contributed by atoms with Crippen LogP contribution in [-0.2, 0) is 0 Å². The standard InChI is InChI=1S/C17H19ClFNO/c1-4-21-15-9-8-11(2)10-13(15)17(20-3)12-6-5-7-14(19)16(12)18/h5-10,17,20H,4H2,1-3H3. The van der Waals surface area contributed by atoms with Gasteiger partial charge in [0.15, 0.2) is 0 Å². The van der Waals surface area contributed by atoms with Crippen molar-refractivity contribution >= 4 is 11.6 Å². The summed E-state index contributed by atoms with van der Waals surface area (Å²) in [6.45, 7) is 4.52. The number of benzene rings is 2.